The molecule has 0 atom stereocenters. The lowest BCUT2D eigenvalue weighted by molar-refractivity contribution is 1.19. The predicted molar refractivity (Wildman–Crippen MR) is 213 cm³/mol. The van der Waals surface area contributed by atoms with Gasteiger partial charge in [0.2, 0.25) is 0 Å². The smallest absolute Gasteiger partial charge is 0.160 e. The van der Waals surface area contributed by atoms with Crippen LogP contribution >= 0.6 is 0 Å². The maximum atomic E-state index is 5.10. The number of fused-ring (bicyclic) bond motifs is 6. The molecule has 8 aromatic carbocycles. The van der Waals surface area contributed by atoms with Crippen molar-refractivity contribution in [2.45, 2.75) is 0 Å². The first-order chi connectivity index (χ1) is 25.3. The van der Waals surface area contributed by atoms with Crippen LogP contribution in [0.15, 0.2) is 188 Å². The van der Waals surface area contributed by atoms with Gasteiger partial charge in [0.1, 0.15) is 0 Å². The lowest BCUT2D eigenvalue weighted by atomic mass is 9.95. The Bertz CT molecular complexity index is 2890. The lowest BCUT2D eigenvalue weighted by Crippen LogP contribution is -1.96. The summed E-state index contributed by atoms with van der Waals surface area (Å²) in [7, 11) is 0. The average Bonchev–Trinajstić information content (AvgIpc) is 3.56. The van der Waals surface area contributed by atoms with Gasteiger partial charge in [-0.05, 0) is 51.9 Å². The third kappa shape index (κ3) is 4.90. The fourth-order valence-electron chi connectivity index (χ4n) is 7.61. The molecule has 0 spiro atoms. The van der Waals surface area contributed by atoms with Gasteiger partial charge in [-0.3, -0.25) is 0 Å². The van der Waals surface area contributed by atoms with Crippen molar-refractivity contribution in [3.05, 3.63) is 188 Å². The Morgan fingerprint density at radius 2 is 0.961 bits per heavy atom. The Balaban J connectivity index is 1.12. The molecule has 0 aliphatic rings. The van der Waals surface area contributed by atoms with Crippen LogP contribution < -0.4 is 0 Å². The van der Waals surface area contributed by atoms with Gasteiger partial charge < -0.3 is 4.57 Å². The standard InChI is InChI=1S/C48H31N3/c1-3-13-32(14-4-1)36-17-11-18-37(31-36)51-45-24-10-8-19-40(45)42-30-29-39-38(21-12-22-41(39)47(42)51)33-25-27-35(28-26-33)48-49-44-23-9-7-20-43(44)46(50-48)34-15-5-2-6-16-34/h1-31H. The minimum absolute atomic E-state index is 0.723. The van der Waals surface area contributed by atoms with E-state index in [0.717, 1.165) is 44.8 Å². The fraction of sp³-hybridized carbons (Fsp3) is 0. The second-order valence-corrected chi connectivity index (χ2v) is 13.0. The minimum atomic E-state index is 0.723. The topological polar surface area (TPSA) is 30.7 Å². The van der Waals surface area contributed by atoms with Gasteiger partial charge in [0.05, 0.1) is 22.2 Å². The van der Waals surface area contributed by atoms with Crippen LogP contribution in [-0.4, -0.2) is 14.5 Å². The highest BCUT2D eigenvalue weighted by molar-refractivity contribution is 6.20. The zero-order valence-corrected chi connectivity index (χ0v) is 27.7. The number of hydrogen-bond donors (Lipinski definition) is 0. The SMILES string of the molecule is c1ccc(-c2cccc(-n3c4ccccc4c4ccc5c(-c6ccc(-c7nc(-c8ccccc8)c8ccccc8n7)cc6)cccc5c43)c2)cc1. The summed E-state index contributed by atoms with van der Waals surface area (Å²) in [5, 5.41) is 5.99. The van der Waals surface area contributed by atoms with Crippen molar-refractivity contribution >= 4 is 43.5 Å². The first kappa shape index (κ1) is 29.1. The molecule has 0 N–H and O–H groups in total. The van der Waals surface area contributed by atoms with Crippen LogP contribution in [0.2, 0.25) is 0 Å². The summed E-state index contributed by atoms with van der Waals surface area (Å²) in [6.07, 6.45) is 0. The predicted octanol–water partition coefficient (Wildman–Crippen LogP) is 12.5. The molecule has 0 unspecified atom stereocenters. The zero-order valence-electron chi connectivity index (χ0n) is 27.7. The third-order valence-electron chi connectivity index (χ3n) is 10.0. The number of aromatic nitrogens is 3. The first-order valence-electron chi connectivity index (χ1n) is 17.3. The lowest BCUT2D eigenvalue weighted by Gasteiger charge is -2.14. The van der Waals surface area contributed by atoms with E-state index in [1.165, 1.54) is 49.3 Å². The van der Waals surface area contributed by atoms with E-state index in [1.54, 1.807) is 0 Å². The largest absolute Gasteiger partial charge is 0.309 e. The number of para-hydroxylation sites is 2. The second-order valence-electron chi connectivity index (χ2n) is 13.0. The van der Waals surface area contributed by atoms with Gasteiger partial charge in [-0.1, -0.05) is 164 Å². The summed E-state index contributed by atoms with van der Waals surface area (Å²) in [6, 6.07) is 66.8. The molecule has 0 aliphatic carbocycles. The van der Waals surface area contributed by atoms with Gasteiger partial charge >= 0.3 is 0 Å². The van der Waals surface area contributed by atoms with E-state index in [9.17, 15) is 0 Å². The van der Waals surface area contributed by atoms with Crippen LogP contribution in [0.4, 0.5) is 0 Å². The zero-order chi connectivity index (χ0) is 33.7. The molecular formula is C48H31N3. The van der Waals surface area contributed by atoms with Crippen LogP contribution in [-0.2, 0) is 0 Å². The van der Waals surface area contributed by atoms with Crippen molar-refractivity contribution < 1.29 is 0 Å². The van der Waals surface area contributed by atoms with Gasteiger partial charge in [0, 0.05) is 38.4 Å². The Hall–Kier alpha value is -6.84. The van der Waals surface area contributed by atoms with Gasteiger partial charge in [-0.2, -0.15) is 0 Å². The monoisotopic (exact) mass is 649 g/mol. The molecule has 0 saturated heterocycles. The normalized spacial score (nSPS) is 11.5. The maximum absolute atomic E-state index is 5.10. The molecule has 0 aliphatic heterocycles. The molecule has 51 heavy (non-hydrogen) atoms. The molecule has 10 rings (SSSR count). The van der Waals surface area contributed by atoms with Crippen LogP contribution in [0.1, 0.15) is 0 Å². The van der Waals surface area contributed by atoms with E-state index < -0.39 is 0 Å². The molecule has 0 fully saturated rings. The summed E-state index contributed by atoms with van der Waals surface area (Å²) in [4.78, 5) is 10.1. The number of hydrogen-bond acceptors (Lipinski definition) is 2. The number of benzene rings is 8. The summed E-state index contributed by atoms with van der Waals surface area (Å²) in [5.41, 5.74) is 12.3. The summed E-state index contributed by atoms with van der Waals surface area (Å²) >= 11 is 0. The first-order valence-corrected chi connectivity index (χ1v) is 17.3. The highest BCUT2D eigenvalue weighted by atomic mass is 15.0. The van der Waals surface area contributed by atoms with Crippen molar-refractivity contribution in [1.29, 1.82) is 0 Å². The van der Waals surface area contributed by atoms with E-state index in [0.29, 0.717) is 0 Å². The molecule has 0 bridgehead atoms. The highest BCUT2D eigenvalue weighted by Crippen LogP contribution is 2.40. The van der Waals surface area contributed by atoms with Crippen LogP contribution in [0.3, 0.4) is 0 Å². The average molecular weight is 650 g/mol. The quantitative estimate of drug-likeness (QED) is 0.186. The Labute approximate surface area is 295 Å². The molecular weight excluding hydrogens is 619 g/mol. The van der Waals surface area contributed by atoms with Gasteiger partial charge in [0.15, 0.2) is 5.82 Å². The van der Waals surface area contributed by atoms with Crippen molar-refractivity contribution in [1.82, 2.24) is 14.5 Å². The minimum Gasteiger partial charge on any atom is -0.309 e. The molecule has 0 saturated carbocycles. The summed E-state index contributed by atoms with van der Waals surface area (Å²) < 4.78 is 2.44. The second kappa shape index (κ2) is 11.9. The Morgan fingerprint density at radius 3 is 1.78 bits per heavy atom. The molecule has 2 aromatic heterocycles. The molecule has 0 amide bonds. The highest BCUT2D eigenvalue weighted by Gasteiger charge is 2.17. The summed E-state index contributed by atoms with van der Waals surface area (Å²) in [5.74, 6) is 0.723. The fourth-order valence-corrected chi connectivity index (χ4v) is 7.61. The number of rotatable bonds is 5. The summed E-state index contributed by atoms with van der Waals surface area (Å²) in [6.45, 7) is 0. The molecule has 238 valence electrons. The molecule has 3 nitrogen and oxygen atoms in total. The third-order valence-corrected chi connectivity index (χ3v) is 10.0. The maximum Gasteiger partial charge on any atom is 0.160 e. The van der Waals surface area contributed by atoms with Crippen molar-refractivity contribution in [3.8, 4) is 50.6 Å². The van der Waals surface area contributed by atoms with E-state index in [2.05, 4.69) is 174 Å². The Kier molecular flexibility index (Phi) is 6.81. The Morgan fingerprint density at radius 1 is 0.353 bits per heavy atom. The van der Waals surface area contributed by atoms with E-state index in [-0.39, 0.29) is 0 Å². The van der Waals surface area contributed by atoms with E-state index in [4.69, 9.17) is 9.97 Å². The molecule has 10 aromatic rings. The molecule has 0 radical (unpaired) electrons. The van der Waals surface area contributed by atoms with Crippen molar-refractivity contribution in [2.24, 2.45) is 0 Å². The van der Waals surface area contributed by atoms with Crippen LogP contribution in [0, 0.1) is 0 Å². The molecule has 2 heterocycles. The van der Waals surface area contributed by atoms with Gasteiger partial charge in [0.25, 0.3) is 0 Å². The number of nitrogens with zero attached hydrogens (tertiary/aromatic N) is 3. The van der Waals surface area contributed by atoms with Crippen molar-refractivity contribution in [2.75, 3.05) is 0 Å². The van der Waals surface area contributed by atoms with Crippen molar-refractivity contribution in [3.63, 3.8) is 0 Å². The van der Waals surface area contributed by atoms with E-state index >= 15 is 0 Å². The van der Waals surface area contributed by atoms with Gasteiger partial charge in [-0.25, -0.2) is 9.97 Å². The van der Waals surface area contributed by atoms with Crippen LogP contribution in [0.5, 0.6) is 0 Å². The van der Waals surface area contributed by atoms with E-state index in [1.807, 2.05) is 18.2 Å². The molecule has 3 heteroatoms. The van der Waals surface area contributed by atoms with Crippen LogP contribution in [0.25, 0.3) is 94.1 Å². The van der Waals surface area contributed by atoms with Gasteiger partial charge in [-0.15, -0.1) is 0 Å².